The third kappa shape index (κ3) is 3.71. The van der Waals surface area contributed by atoms with Crippen molar-refractivity contribution in [2.24, 2.45) is 5.73 Å². The summed E-state index contributed by atoms with van der Waals surface area (Å²) in [7, 11) is 1.56. The lowest BCUT2D eigenvalue weighted by atomic mass is 9.95. The first-order chi connectivity index (χ1) is 8.26. The highest BCUT2D eigenvalue weighted by molar-refractivity contribution is 5.24. The van der Waals surface area contributed by atoms with Crippen molar-refractivity contribution in [3.05, 3.63) is 35.1 Å². The van der Waals surface area contributed by atoms with Crippen LogP contribution in [0.15, 0.2) is 12.1 Å². The normalized spacial score (nSPS) is 13.7. The van der Waals surface area contributed by atoms with Crippen LogP contribution >= 0.6 is 0 Å². The van der Waals surface area contributed by atoms with E-state index < -0.39 is 29.1 Å². The minimum absolute atomic E-state index is 0.275. The molecule has 1 aromatic rings. The van der Waals surface area contributed by atoms with Gasteiger partial charge >= 0.3 is 0 Å². The van der Waals surface area contributed by atoms with E-state index in [9.17, 15) is 13.2 Å². The molecule has 0 fully saturated rings. The molecule has 2 nitrogen and oxygen atoms in total. The second-order valence-electron chi connectivity index (χ2n) is 4.89. The highest BCUT2D eigenvalue weighted by Gasteiger charge is 2.22. The molecular weight excluding hydrogens is 243 g/mol. The number of hydrogen-bond acceptors (Lipinski definition) is 2. The lowest BCUT2D eigenvalue weighted by molar-refractivity contribution is 0.0123. The van der Waals surface area contributed by atoms with Gasteiger partial charge in [-0.25, -0.2) is 13.2 Å². The van der Waals surface area contributed by atoms with Crippen molar-refractivity contribution in [3.8, 4) is 0 Å². The Bertz CT molecular complexity index is 398. The summed E-state index contributed by atoms with van der Waals surface area (Å²) in [6.45, 7) is 3.72. The molecule has 0 radical (unpaired) electrons. The first-order valence-electron chi connectivity index (χ1n) is 5.72. The average Bonchev–Trinajstić information content (AvgIpc) is 2.25. The Balaban J connectivity index is 2.82. The van der Waals surface area contributed by atoms with E-state index in [0.29, 0.717) is 25.0 Å². The molecule has 0 spiro atoms. The van der Waals surface area contributed by atoms with E-state index in [-0.39, 0.29) is 5.56 Å². The molecule has 5 heteroatoms. The second-order valence-corrected chi connectivity index (χ2v) is 4.89. The van der Waals surface area contributed by atoms with Crippen LogP contribution in [0.25, 0.3) is 0 Å². The van der Waals surface area contributed by atoms with Crippen molar-refractivity contribution < 1.29 is 17.9 Å². The van der Waals surface area contributed by atoms with Crippen LogP contribution in [0.5, 0.6) is 0 Å². The second kappa shape index (κ2) is 5.71. The first-order valence-corrected chi connectivity index (χ1v) is 5.72. The molecule has 0 heterocycles. The summed E-state index contributed by atoms with van der Waals surface area (Å²) in [5, 5.41) is 0. The van der Waals surface area contributed by atoms with E-state index in [1.165, 1.54) is 0 Å². The molecule has 1 atom stereocenters. The van der Waals surface area contributed by atoms with E-state index in [4.69, 9.17) is 10.5 Å². The number of nitrogens with two attached hydrogens (primary N) is 1. The minimum Gasteiger partial charge on any atom is -0.379 e. The van der Waals surface area contributed by atoms with Crippen molar-refractivity contribution in [2.45, 2.75) is 38.3 Å². The molecule has 0 saturated carbocycles. The summed E-state index contributed by atoms with van der Waals surface area (Å²) in [5.41, 5.74) is 5.06. The monoisotopic (exact) mass is 261 g/mol. The van der Waals surface area contributed by atoms with Gasteiger partial charge in [-0.05, 0) is 26.7 Å². The zero-order valence-electron chi connectivity index (χ0n) is 10.8. The van der Waals surface area contributed by atoms with Crippen molar-refractivity contribution in [3.63, 3.8) is 0 Å². The van der Waals surface area contributed by atoms with Crippen molar-refractivity contribution in [1.82, 2.24) is 0 Å². The Morgan fingerprint density at radius 3 is 2.17 bits per heavy atom. The van der Waals surface area contributed by atoms with Crippen LogP contribution in [0, 0.1) is 17.5 Å². The quantitative estimate of drug-likeness (QED) is 0.882. The maximum Gasteiger partial charge on any atom is 0.133 e. The van der Waals surface area contributed by atoms with Gasteiger partial charge in [0.15, 0.2) is 0 Å². The first kappa shape index (κ1) is 15.0. The van der Waals surface area contributed by atoms with Gasteiger partial charge in [-0.15, -0.1) is 0 Å². The van der Waals surface area contributed by atoms with E-state index >= 15 is 0 Å². The van der Waals surface area contributed by atoms with Crippen LogP contribution in [0.4, 0.5) is 13.2 Å². The maximum atomic E-state index is 13.5. The molecule has 18 heavy (non-hydrogen) atoms. The lowest BCUT2D eigenvalue weighted by Gasteiger charge is -2.24. The fraction of sp³-hybridized carbons (Fsp3) is 0.538. The summed E-state index contributed by atoms with van der Waals surface area (Å²) in [6, 6.07) is 0.458. The highest BCUT2D eigenvalue weighted by atomic mass is 19.1. The molecule has 0 aliphatic rings. The van der Waals surface area contributed by atoms with Crippen molar-refractivity contribution >= 4 is 0 Å². The fourth-order valence-electron chi connectivity index (χ4n) is 1.66. The molecule has 1 unspecified atom stereocenters. The van der Waals surface area contributed by atoms with Crippen molar-refractivity contribution in [1.29, 1.82) is 0 Å². The Morgan fingerprint density at radius 1 is 1.22 bits per heavy atom. The predicted octanol–water partition coefficient (Wildman–Crippen LogP) is 3.31. The van der Waals surface area contributed by atoms with Crippen LogP contribution in [0.2, 0.25) is 0 Å². The Hall–Kier alpha value is -1.07. The van der Waals surface area contributed by atoms with Gasteiger partial charge in [0.1, 0.15) is 17.5 Å². The lowest BCUT2D eigenvalue weighted by Crippen LogP contribution is -2.25. The Labute approximate surface area is 105 Å². The maximum absolute atomic E-state index is 13.5. The highest BCUT2D eigenvalue weighted by Crippen LogP contribution is 2.26. The minimum atomic E-state index is -0.949. The average molecular weight is 261 g/mol. The standard InChI is InChI=1S/C13H18F3NO/c1-13(2,18-3)5-4-11(17)12-9(15)6-8(14)7-10(12)16/h6-7,11H,4-5,17H2,1-3H3. The molecule has 2 N–H and O–H groups in total. The van der Waals surface area contributed by atoms with Crippen LogP contribution in [0.3, 0.4) is 0 Å². The summed E-state index contributed by atoms with van der Waals surface area (Å²) >= 11 is 0. The van der Waals surface area contributed by atoms with Gasteiger partial charge in [-0.1, -0.05) is 0 Å². The Kier molecular flexibility index (Phi) is 4.76. The van der Waals surface area contributed by atoms with Crippen LogP contribution in [-0.2, 0) is 4.74 Å². The third-order valence-corrected chi connectivity index (χ3v) is 3.02. The van der Waals surface area contributed by atoms with Crippen LogP contribution in [-0.4, -0.2) is 12.7 Å². The van der Waals surface area contributed by atoms with Crippen LogP contribution < -0.4 is 5.73 Å². The van der Waals surface area contributed by atoms with Gasteiger partial charge in [0.25, 0.3) is 0 Å². The van der Waals surface area contributed by atoms with E-state index in [1.54, 1.807) is 7.11 Å². The predicted molar refractivity (Wildman–Crippen MR) is 63.6 cm³/mol. The van der Waals surface area contributed by atoms with Gasteiger partial charge in [-0.3, -0.25) is 0 Å². The molecule has 102 valence electrons. The van der Waals surface area contributed by atoms with Gasteiger partial charge in [0.05, 0.1) is 5.60 Å². The van der Waals surface area contributed by atoms with Gasteiger partial charge in [-0.2, -0.15) is 0 Å². The number of halogens is 3. The number of methoxy groups -OCH3 is 1. The molecule has 0 aliphatic carbocycles. The zero-order valence-corrected chi connectivity index (χ0v) is 10.8. The number of benzene rings is 1. The number of ether oxygens (including phenoxy) is 1. The molecule has 0 amide bonds. The molecular formula is C13H18F3NO. The molecule has 0 aliphatic heterocycles. The number of rotatable bonds is 5. The van der Waals surface area contributed by atoms with E-state index in [0.717, 1.165) is 0 Å². The van der Waals surface area contributed by atoms with Gasteiger partial charge < -0.3 is 10.5 Å². The van der Waals surface area contributed by atoms with Gasteiger partial charge in [0, 0.05) is 30.8 Å². The molecule has 0 bridgehead atoms. The molecule has 1 aromatic carbocycles. The SMILES string of the molecule is COC(C)(C)CCC(N)c1c(F)cc(F)cc1F. The van der Waals surface area contributed by atoms with Gasteiger partial charge in [0.2, 0.25) is 0 Å². The smallest absolute Gasteiger partial charge is 0.133 e. The fourth-order valence-corrected chi connectivity index (χ4v) is 1.66. The summed E-state index contributed by atoms with van der Waals surface area (Å²) < 4.78 is 44.9. The number of hydrogen-bond donors (Lipinski definition) is 1. The summed E-state index contributed by atoms with van der Waals surface area (Å²) in [4.78, 5) is 0. The molecule has 1 rings (SSSR count). The third-order valence-electron chi connectivity index (χ3n) is 3.02. The zero-order chi connectivity index (χ0) is 13.9. The van der Waals surface area contributed by atoms with Crippen molar-refractivity contribution in [2.75, 3.05) is 7.11 Å². The molecule has 0 saturated heterocycles. The topological polar surface area (TPSA) is 35.2 Å². The van der Waals surface area contributed by atoms with E-state index in [1.807, 2.05) is 13.8 Å². The van der Waals surface area contributed by atoms with E-state index in [2.05, 4.69) is 0 Å². The largest absolute Gasteiger partial charge is 0.379 e. The summed E-state index contributed by atoms with van der Waals surface area (Å²) in [5.74, 6) is -2.84. The van der Waals surface area contributed by atoms with Crippen LogP contribution in [0.1, 0.15) is 38.3 Å². The summed E-state index contributed by atoms with van der Waals surface area (Å²) in [6.07, 6.45) is 0.890. The molecule has 0 aromatic heterocycles. The Morgan fingerprint density at radius 2 is 1.72 bits per heavy atom.